The van der Waals surface area contributed by atoms with Crippen LogP contribution in [0.4, 0.5) is 5.69 Å². The SMILES string of the molecule is CCNC(CO)CN1CCCOc2ccccc21. The van der Waals surface area contributed by atoms with Crippen molar-refractivity contribution in [1.29, 1.82) is 0 Å². The van der Waals surface area contributed by atoms with Crippen LogP contribution in [0.3, 0.4) is 0 Å². The third-order valence-electron chi connectivity index (χ3n) is 3.19. The molecule has 1 unspecified atom stereocenters. The van der Waals surface area contributed by atoms with Gasteiger partial charge in [0.15, 0.2) is 0 Å². The third-order valence-corrected chi connectivity index (χ3v) is 3.19. The summed E-state index contributed by atoms with van der Waals surface area (Å²) in [5, 5.41) is 12.7. The minimum absolute atomic E-state index is 0.112. The molecule has 2 N–H and O–H groups in total. The number of aliphatic hydroxyl groups is 1. The van der Waals surface area contributed by atoms with E-state index >= 15 is 0 Å². The van der Waals surface area contributed by atoms with Crippen molar-refractivity contribution in [2.75, 3.05) is 37.7 Å². The lowest BCUT2D eigenvalue weighted by Gasteiger charge is -2.28. The van der Waals surface area contributed by atoms with Crippen LogP contribution in [0.15, 0.2) is 24.3 Å². The molecule has 0 radical (unpaired) electrons. The summed E-state index contributed by atoms with van der Waals surface area (Å²) in [6, 6.07) is 8.23. The standard InChI is InChI=1S/C14H22N2O2/c1-2-15-12(11-17)10-16-8-5-9-18-14-7-4-3-6-13(14)16/h3-4,6-7,12,15,17H,2,5,8-11H2,1H3. The lowest BCUT2D eigenvalue weighted by Crippen LogP contribution is -2.43. The van der Waals surface area contributed by atoms with Crippen molar-refractivity contribution in [1.82, 2.24) is 5.32 Å². The van der Waals surface area contributed by atoms with Gasteiger partial charge in [0.1, 0.15) is 5.75 Å². The minimum atomic E-state index is 0.112. The Labute approximate surface area is 109 Å². The van der Waals surface area contributed by atoms with Gasteiger partial charge >= 0.3 is 0 Å². The molecule has 0 aromatic heterocycles. The Hall–Kier alpha value is -1.26. The van der Waals surface area contributed by atoms with Crippen molar-refractivity contribution in [3.05, 3.63) is 24.3 Å². The Morgan fingerprint density at radius 2 is 2.28 bits per heavy atom. The molecule has 4 heteroatoms. The molecule has 0 spiro atoms. The van der Waals surface area contributed by atoms with Crippen LogP contribution in [-0.4, -0.2) is 44.0 Å². The molecule has 4 nitrogen and oxygen atoms in total. The second-order valence-corrected chi connectivity index (χ2v) is 4.55. The first kappa shape index (κ1) is 13.2. The molecule has 100 valence electrons. The monoisotopic (exact) mass is 250 g/mol. The first-order valence-corrected chi connectivity index (χ1v) is 6.66. The van der Waals surface area contributed by atoms with Crippen LogP contribution in [0.25, 0.3) is 0 Å². The Bertz CT molecular complexity index is 371. The van der Waals surface area contributed by atoms with Crippen LogP contribution < -0.4 is 15.0 Å². The third kappa shape index (κ3) is 3.15. The number of likely N-dealkylation sites (N-methyl/N-ethyl adjacent to an activating group) is 1. The number of ether oxygens (including phenoxy) is 1. The van der Waals surface area contributed by atoms with Crippen molar-refractivity contribution in [2.45, 2.75) is 19.4 Å². The molecule has 1 aliphatic heterocycles. The molecule has 1 aromatic rings. The summed E-state index contributed by atoms with van der Waals surface area (Å²) < 4.78 is 5.73. The fraction of sp³-hybridized carbons (Fsp3) is 0.571. The number of fused-ring (bicyclic) bond motifs is 1. The number of para-hydroxylation sites is 2. The van der Waals surface area contributed by atoms with E-state index in [9.17, 15) is 5.11 Å². The smallest absolute Gasteiger partial charge is 0.142 e. The van der Waals surface area contributed by atoms with Gasteiger partial charge in [-0.1, -0.05) is 19.1 Å². The van der Waals surface area contributed by atoms with Gasteiger partial charge in [0.05, 0.1) is 18.9 Å². The van der Waals surface area contributed by atoms with Gasteiger partial charge in [-0.25, -0.2) is 0 Å². The summed E-state index contributed by atoms with van der Waals surface area (Å²) in [5.41, 5.74) is 1.13. The molecule has 0 aliphatic carbocycles. The number of hydrogen-bond donors (Lipinski definition) is 2. The lowest BCUT2D eigenvalue weighted by atomic mass is 10.2. The number of rotatable bonds is 5. The Balaban J connectivity index is 2.12. The first-order chi connectivity index (χ1) is 8.85. The van der Waals surface area contributed by atoms with Crippen molar-refractivity contribution < 1.29 is 9.84 Å². The number of nitrogens with zero attached hydrogens (tertiary/aromatic N) is 1. The van der Waals surface area contributed by atoms with Crippen molar-refractivity contribution in [3.8, 4) is 5.75 Å². The van der Waals surface area contributed by atoms with Gasteiger partial charge < -0.3 is 20.1 Å². The number of anilines is 1. The summed E-state index contributed by atoms with van der Waals surface area (Å²) >= 11 is 0. The maximum absolute atomic E-state index is 9.39. The Kier molecular flexibility index (Phi) is 4.84. The zero-order valence-corrected chi connectivity index (χ0v) is 10.9. The Morgan fingerprint density at radius 3 is 3.06 bits per heavy atom. The van der Waals surface area contributed by atoms with Crippen LogP contribution in [-0.2, 0) is 0 Å². The maximum atomic E-state index is 9.39. The van der Waals surface area contributed by atoms with E-state index in [1.807, 2.05) is 18.2 Å². The zero-order valence-electron chi connectivity index (χ0n) is 10.9. The molecular formula is C14H22N2O2. The van der Waals surface area contributed by atoms with E-state index in [0.717, 1.165) is 44.1 Å². The highest BCUT2D eigenvalue weighted by Crippen LogP contribution is 2.30. The maximum Gasteiger partial charge on any atom is 0.142 e. The Morgan fingerprint density at radius 1 is 1.44 bits per heavy atom. The number of nitrogens with one attached hydrogen (secondary N) is 1. The molecule has 0 saturated carbocycles. The predicted octanol–water partition coefficient (Wildman–Crippen LogP) is 1.25. The largest absolute Gasteiger partial charge is 0.491 e. The molecule has 1 atom stereocenters. The summed E-state index contributed by atoms with van der Waals surface area (Å²) in [7, 11) is 0. The van der Waals surface area contributed by atoms with E-state index in [1.54, 1.807) is 0 Å². The molecule has 1 aromatic carbocycles. The number of hydrogen-bond acceptors (Lipinski definition) is 4. The molecular weight excluding hydrogens is 228 g/mol. The average molecular weight is 250 g/mol. The number of benzene rings is 1. The molecule has 1 aliphatic rings. The number of aliphatic hydroxyl groups excluding tert-OH is 1. The van der Waals surface area contributed by atoms with Crippen molar-refractivity contribution in [2.24, 2.45) is 0 Å². The van der Waals surface area contributed by atoms with E-state index in [4.69, 9.17) is 4.74 Å². The van der Waals surface area contributed by atoms with Crippen LogP contribution >= 0.6 is 0 Å². The fourth-order valence-electron chi connectivity index (χ4n) is 2.33. The fourth-order valence-corrected chi connectivity index (χ4v) is 2.33. The van der Waals surface area contributed by atoms with Gasteiger partial charge in [0.25, 0.3) is 0 Å². The van der Waals surface area contributed by atoms with Crippen LogP contribution in [0.2, 0.25) is 0 Å². The second-order valence-electron chi connectivity index (χ2n) is 4.55. The van der Waals surface area contributed by atoms with E-state index in [1.165, 1.54) is 0 Å². The van der Waals surface area contributed by atoms with Crippen LogP contribution in [0, 0.1) is 0 Å². The minimum Gasteiger partial charge on any atom is -0.491 e. The van der Waals surface area contributed by atoms with Gasteiger partial charge in [-0.2, -0.15) is 0 Å². The summed E-state index contributed by atoms with van der Waals surface area (Å²) in [6.45, 7) is 5.63. The zero-order chi connectivity index (χ0) is 12.8. The molecule has 0 saturated heterocycles. The molecule has 0 fully saturated rings. The van der Waals surface area contributed by atoms with Gasteiger partial charge in [-0.05, 0) is 25.1 Å². The van der Waals surface area contributed by atoms with E-state index in [2.05, 4.69) is 23.2 Å². The summed E-state index contributed by atoms with van der Waals surface area (Å²) in [5.74, 6) is 0.947. The van der Waals surface area contributed by atoms with Gasteiger partial charge in [-0.15, -0.1) is 0 Å². The lowest BCUT2D eigenvalue weighted by molar-refractivity contribution is 0.245. The molecule has 18 heavy (non-hydrogen) atoms. The molecule has 1 heterocycles. The van der Waals surface area contributed by atoms with Gasteiger partial charge in [0.2, 0.25) is 0 Å². The quantitative estimate of drug-likeness (QED) is 0.825. The average Bonchev–Trinajstić information content (AvgIpc) is 2.61. The molecule has 0 bridgehead atoms. The topological polar surface area (TPSA) is 44.7 Å². The highest BCUT2D eigenvalue weighted by atomic mass is 16.5. The normalized spacial score (nSPS) is 16.7. The summed E-state index contributed by atoms with van der Waals surface area (Å²) in [6.07, 6.45) is 1.01. The molecule has 2 rings (SSSR count). The van der Waals surface area contributed by atoms with E-state index in [-0.39, 0.29) is 12.6 Å². The predicted molar refractivity (Wildman–Crippen MR) is 73.3 cm³/mol. The van der Waals surface area contributed by atoms with Gasteiger partial charge in [0, 0.05) is 19.1 Å². The molecule has 0 amide bonds. The van der Waals surface area contributed by atoms with Crippen LogP contribution in [0.1, 0.15) is 13.3 Å². The van der Waals surface area contributed by atoms with Crippen molar-refractivity contribution in [3.63, 3.8) is 0 Å². The van der Waals surface area contributed by atoms with E-state index < -0.39 is 0 Å². The first-order valence-electron chi connectivity index (χ1n) is 6.66. The van der Waals surface area contributed by atoms with Gasteiger partial charge in [-0.3, -0.25) is 0 Å². The van der Waals surface area contributed by atoms with Crippen LogP contribution in [0.5, 0.6) is 5.75 Å². The van der Waals surface area contributed by atoms with E-state index in [0.29, 0.717) is 0 Å². The summed E-state index contributed by atoms with van der Waals surface area (Å²) in [4.78, 5) is 2.30. The highest BCUT2D eigenvalue weighted by molar-refractivity contribution is 5.59. The van der Waals surface area contributed by atoms with Crippen molar-refractivity contribution >= 4 is 5.69 Å². The second kappa shape index (κ2) is 6.61. The highest BCUT2D eigenvalue weighted by Gasteiger charge is 2.18.